The van der Waals surface area contributed by atoms with Crippen molar-refractivity contribution in [1.29, 1.82) is 0 Å². The number of aromatic nitrogens is 2. The van der Waals surface area contributed by atoms with Gasteiger partial charge in [-0.05, 0) is 37.2 Å². The maximum atomic E-state index is 12.8. The lowest BCUT2D eigenvalue weighted by Crippen LogP contribution is -2.50. The first-order valence-corrected chi connectivity index (χ1v) is 8.02. The van der Waals surface area contributed by atoms with Crippen molar-refractivity contribution in [3.8, 4) is 11.5 Å². The Morgan fingerprint density at radius 2 is 2.25 bits per heavy atom. The van der Waals surface area contributed by atoms with Crippen molar-refractivity contribution in [3.63, 3.8) is 0 Å². The molecule has 1 aliphatic rings. The predicted molar refractivity (Wildman–Crippen MR) is 89.3 cm³/mol. The lowest BCUT2D eigenvalue weighted by molar-refractivity contribution is 0.0497. The van der Waals surface area contributed by atoms with E-state index in [0.29, 0.717) is 43.3 Å². The molecule has 1 aromatic carbocycles. The van der Waals surface area contributed by atoms with E-state index in [1.54, 1.807) is 36.4 Å². The van der Waals surface area contributed by atoms with Crippen LogP contribution in [0, 0.1) is 0 Å². The average Bonchev–Trinajstić information content (AvgIpc) is 3.08. The van der Waals surface area contributed by atoms with Crippen molar-refractivity contribution < 1.29 is 14.3 Å². The van der Waals surface area contributed by atoms with Crippen LogP contribution in [0.15, 0.2) is 36.7 Å². The monoisotopic (exact) mass is 330 g/mol. The van der Waals surface area contributed by atoms with Gasteiger partial charge in [0, 0.05) is 25.5 Å². The Bertz CT molecular complexity index is 681. The second kappa shape index (κ2) is 7.35. The second-order valence-corrected chi connectivity index (χ2v) is 5.70. The molecule has 2 aromatic rings. The third-order valence-corrected chi connectivity index (χ3v) is 4.07. The molecule has 1 saturated heterocycles. The van der Waals surface area contributed by atoms with Gasteiger partial charge in [-0.2, -0.15) is 5.10 Å². The van der Waals surface area contributed by atoms with Gasteiger partial charge >= 0.3 is 0 Å². The molecule has 1 aromatic heterocycles. The fourth-order valence-corrected chi connectivity index (χ4v) is 2.65. The standard InChI is InChI=1S/C17H22N4O3/c1-23-14-4-5-16(24-9-2-6-18)15(10-14)17(22)20-11-13(12-20)21-8-3-7-19-21/h3-5,7-8,10,13H,2,6,9,11-12,18H2,1H3. The molecule has 7 nitrogen and oxygen atoms in total. The van der Waals surface area contributed by atoms with E-state index in [2.05, 4.69) is 5.10 Å². The number of methoxy groups -OCH3 is 1. The molecule has 128 valence electrons. The van der Waals surface area contributed by atoms with Gasteiger partial charge in [0.1, 0.15) is 11.5 Å². The van der Waals surface area contributed by atoms with Crippen molar-refractivity contribution in [2.24, 2.45) is 5.73 Å². The molecule has 3 rings (SSSR count). The summed E-state index contributed by atoms with van der Waals surface area (Å²) in [6.07, 6.45) is 4.40. The molecule has 0 radical (unpaired) electrons. The minimum atomic E-state index is -0.0555. The zero-order chi connectivity index (χ0) is 16.9. The second-order valence-electron chi connectivity index (χ2n) is 5.70. The van der Waals surface area contributed by atoms with Gasteiger partial charge in [0.25, 0.3) is 5.91 Å². The highest BCUT2D eigenvalue weighted by molar-refractivity contribution is 5.97. The number of rotatable bonds is 7. The highest BCUT2D eigenvalue weighted by Gasteiger charge is 2.34. The number of ether oxygens (including phenoxy) is 2. The molecule has 24 heavy (non-hydrogen) atoms. The van der Waals surface area contributed by atoms with Crippen molar-refractivity contribution >= 4 is 5.91 Å². The van der Waals surface area contributed by atoms with Crippen molar-refractivity contribution in [2.75, 3.05) is 33.4 Å². The summed E-state index contributed by atoms with van der Waals surface area (Å²) in [4.78, 5) is 14.6. The Hall–Kier alpha value is -2.54. The molecule has 7 heteroatoms. The maximum absolute atomic E-state index is 12.8. The first kappa shape index (κ1) is 16.3. The van der Waals surface area contributed by atoms with Gasteiger partial charge in [0.15, 0.2) is 0 Å². The number of carbonyl (C=O) groups is 1. The minimum absolute atomic E-state index is 0.0555. The quantitative estimate of drug-likeness (QED) is 0.774. The van der Waals surface area contributed by atoms with Gasteiger partial charge in [-0.25, -0.2) is 0 Å². The number of carbonyl (C=O) groups excluding carboxylic acids is 1. The third kappa shape index (κ3) is 3.35. The molecule has 1 amide bonds. The number of hydrogen-bond donors (Lipinski definition) is 1. The number of nitrogens with two attached hydrogens (primary N) is 1. The van der Waals surface area contributed by atoms with Crippen LogP contribution < -0.4 is 15.2 Å². The van der Waals surface area contributed by atoms with Crippen molar-refractivity contribution in [3.05, 3.63) is 42.2 Å². The van der Waals surface area contributed by atoms with E-state index in [-0.39, 0.29) is 11.9 Å². The summed E-state index contributed by atoms with van der Waals surface area (Å²) < 4.78 is 12.8. The largest absolute Gasteiger partial charge is 0.497 e. The van der Waals surface area contributed by atoms with Crippen LogP contribution in [0.1, 0.15) is 22.8 Å². The van der Waals surface area contributed by atoms with Crippen molar-refractivity contribution in [1.82, 2.24) is 14.7 Å². The SMILES string of the molecule is COc1ccc(OCCCN)c(C(=O)N2CC(n3cccn3)C2)c1. The fraction of sp³-hybridized carbons (Fsp3) is 0.412. The highest BCUT2D eigenvalue weighted by Crippen LogP contribution is 2.29. The fourth-order valence-electron chi connectivity index (χ4n) is 2.65. The zero-order valence-corrected chi connectivity index (χ0v) is 13.7. The van der Waals surface area contributed by atoms with Crippen LogP contribution in [0.2, 0.25) is 0 Å². The van der Waals surface area contributed by atoms with Crippen molar-refractivity contribution in [2.45, 2.75) is 12.5 Å². The maximum Gasteiger partial charge on any atom is 0.257 e. The number of likely N-dealkylation sites (tertiary alicyclic amines) is 1. The van der Waals surface area contributed by atoms with Crippen LogP contribution >= 0.6 is 0 Å². The third-order valence-electron chi connectivity index (χ3n) is 4.07. The van der Waals surface area contributed by atoms with E-state index in [1.807, 2.05) is 16.9 Å². The van der Waals surface area contributed by atoms with Crippen LogP contribution in [0.3, 0.4) is 0 Å². The highest BCUT2D eigenvalue weighted by atomic mass is 16.5. The molecule has 0 saturated carbocycles. The van der Waals surface area contributed by atoms with E-state index in [4.69, 9.17) is 15.2 Å². The van der Waals surface area contributed by atoms with Gasteiger partial charge in [-0.15, -0.1) is 0 Å². The molecule has 0 spiro atoms. The Morgan fingerprint density at radius 1 is 1.42 bits per heavy atom. The number of amides is 1. The average molecular weight is 330 g/mol. The molecule has 0 aliphatic carbocycles. The summed E-state index contributed by atoms with van der Waals surface area (Å²) in [5, 5.41) is 4.22. The van der Waals surface area contributed by atoms with Crippen LogP contribution in [0.25, 0.3) is 0 Å². The number of benzene rings is 1. The summed E-state index contributed by atoms with van der Waals surface area (Å²) in [5.74, 6) is 1.14. The van der Waals surface area contributed by atoms with Crippen LogP contribution in [0.4, 0.5) is 0 Å². The Kier molecular flexibility index (Phi) is 5.00. The molecule has 1 fully saturated rings. The van der Waals surface area contributed by atoms with E-state index in [9.17, 15) is 4.79 Å². The molecular formula is C17H22N4O3. The van der Waals surface area contributed by atoms with E-state index < -0.39 is 0 Å². The smallest absolute Gasteiger partial charge is 0.257 e. The molecular weight excluding hydrogens is 308 g/mol. The Morgan fingerprint density at radius 3 is 2.92 bits per heavy atom. The van der Waals surface area contributed by atoms with Gasteiger partial charge in [-0.1, -0.05) is 0 Å². The minimum Gasteiger partial charge on any atom is -0.497 e. The van der Waals surface area contributed by atoms with E-state index in [0.717, 1.165) is 6.42 Å². The van der Waals surface area contributed by atoms with Gasteiger partial charge < -0.3 is 20.1 Å². The normalized spacial score (nSPS) is 14.3. The summed E-state index contributed by atoms with van der Waals surface area (Å²) >= 11 is 0. The lowest BCUT2D eigenvalue weighted by Gasteiger charge is -2.39. The zero-order valence-electron chi connectivity index (χ0n) is 13.7. The van der Waals surface area contributed by atoms with E-state index in [1.165, 1.54) is 0 Å². The Labute approximate surface area is 140 Å². The number of nitrogens with zero attached hydrogens (tertiary/aromatic N) is 3. The number of hydrogen-bond acceptors (Lipinski definition) is 5. The molecule has 2 N–H and O–H groups in total. The molecule has 0 bridgehead atoms. The summed E-state index contributed by atoms with van der Waals surface area (Å²) in [6, 6.07) is 7.40. The summed E-state index contributed by atoms with van der Waals surface area (Å²) in [6.45, 7) is 2.32. The van der Waals surface area contributed by atoms with Crippen LogP contribution in [-0.4, -0.2) is 53.9 Å². The van der Waals surface area contributed by atoms with Gasteiger partial charge in [0.05, 0.1) is 25.3 Å². The first-order chi connectivity index (χ1) is 11.7. The summed E-state index contributed by atoms with van der Waals surface area (Å²) in [5.41, 5.74) is 6.01. The molecule has 0 atom stereocenters. The lowest BCUT2D eigenvalue weighted by atomic mass is 10.1. The molecule has 0 unspecified atom stereocenters. The van der Waals surface area contributed by atoms with Gasteiger partial charge in [0.2, 0.25) is 0 Å². The predicted octanol–water partition coefficient (Wildman–Crippen LogP) is 1.32. The van der Waals surface area contributed by atoms with Crippen LogP contribution in [-0.2, 0) is 0 Å². The van der Waals surface area contributed by atoms with Gasteiger partial charge in [-0.3, -0.25) is 9.48 Å². The van der Waals surface area contributed by atoms with Crippen LogP contribution in [0.5, 0.6) is 11.5 Å². The Balaban J connectivity index is 1.71. The first-order valence-electron chi connectivity index (χ1n) is 8.02. The molecule has 1 aliphatic heterocycles. The topological polar surface area (TPSA) is 82.6 Å². The van der Waals surface area contributed by atoms with E-state index >= 15 is 0 Å². The molecule has 2 heterocycles. The summed E-state index contributed by atoms with van der Waals surface area (Å²) in [7, 11) is 1.58.